The predicted molar refractivity (Wildman–Crippen MR) is 57.8 cm³/mol. The maximum absolute atomic E-state index is 10.7. The molecular formula is C12H13NO3. The lowest BCUT2D eigenvalue weighted by Crippen LogP contribution is -2.07. The van der Waals surface area contributed by atoms with E-state index in [2.05, 4.69) is 0 Å². The zero-order chi connectivity index (χ0) is 12.1. The van der Waals surface area contributed by atoms with Gasteiger partial charge in [-0.3, -0.25) is 4.79 Å². The van der Waals surface area contributed by atoms with Crippen LogP contribution in [0.5, 0.6) is 0 Å². The van der Waals surface area contributed by atoms with Crippen molar-refractivity contribution >= 4 is 5.97 Å². The molecule has 0 bridgehead atoms. The van der Waals surface area contributed by atoms with Gasteiger partial charge in [0, 0.05) is 0 Å². The first-order valence-corrected chi connectivity index (χ1v) is 4.99. The number of aliphatic carboxylic acids is 1. The summed E-state index contributed by atoms with van der Waals surface area (Å²) in [7, 11) is 0. The second-order valence-corrected chi connectivity index (χ2v) is 3.47. The summed E-state index contributed by atoms with van der Waals surface area (Å²) in [6.07, 6.45) is 0.496. The van der Waals surface area contributed by atoms with Gasteiger partial charge in [0.05, 0.1) is 24.7 Å². The monoisotopic (exact) mass is 219 g/mol. The van der Waals surface area contributed by atoms with E-state index in [4.69, 9.17) is 10.4 Å². The molecule has 0 radical (unpaired) electrons. The van der Waals surface area contributed by atoms with Crippen LogP contribution in [0.15, 0.2) is 12.1 Å². The van der Waals surface area contributed by atoms with Gasteiger partial charge < -0.3 is 10.2 Å². The van der Waals surface area contributed by atoms with E-state index < -0.39 is 5.97 Å². The number of aliphatic hydroxyl groups excluding tert-OH is 1. The number of nitriles is 1. The van der Waals surface area contributed by atoms with Crippen molar-refractivity contribution in [2.45, 2.75) is 26.4 Å². The first kappa shape index (κ1) is 12.2. The van der Waals surface area contributed by atoms with Gasteiger partial charge in [0.15, 0.2) is 0 Å². The van der Waals surface area contributed by atoms with Crippen LogP contribution in [0.4, 0.5) is 0 Å². The smallest absolute Gasteiger partial charge is 0.307 e. The summed E-state index contributed by atoms with van der Waals surface area (Å²) in [4.78, 5) is 10.7. The van der Waals surface area contributed by atoms with Crippen LogP contribution in [-0.4, -0.2) is 16.2 Å². The molecule has 0 atom stereocenters. The van der Waals surface area contributed by atoms with E-state index >= 15 is 0 Å². The first-order valence-electron chi connectivity index (χ1n) is 4.99. The van der Waals surface area contributed by atoms with Gasteiger partial charge in [-0.1, -0.05) is 6.92 Å². The summed E-state index contributed by atoms with van der Waals surface area (Å²) in [6, 6.07) is 5.21. The van der Waals surface area contributed by atoms with Gasteiger partial charge in [0.2, 0.25) is 0 Å². The molecule has 0 fully saturated rings. The minimum atomic E-state index is -0.966. The second-order valence-electron chi connectivity index (χ2n) is 3.47. The molecule has 84 valence electrons. The molecule has 16 heavy (non-hydrogen) atoms. The molecule has 4 nitrogen and oxygen atoms in total. The molecule has 0 amide bonds. The summed E-state index contributed by atoms with van der Waals surface area (Å²) in [6.45, 7) is 1.71. The summed E-state index contributed by atoms with van der Waals surface area (Å²) in [5.41, 5.74) is 2.41. The van der Waals surface area contributed by atoms with Gasteiger partial charge in [-0.25, -0.2) is 0 Å². The van der Waals surface area contributed by atoms with E-state index in [9.17, 15) is 9.90 Å². The Kier molecular flexibility index (Phi) is 4.03. The maximum atomic E-state index is 10.7. The lowest BCUT2D eigenvalue weighted by Gasteiger charge is -2.11. The quantitative estimate of drug-likeness (QED) is 0.798. The summed E-state index contributed by atoms with van der Waals surface area (Å²) in [5.74, 6) is -0.966. The molecule has 2 N–H and O–H groups in total. The molecule has 1 aromatic rings. The topological polar surface area (TPSA) is 81.3 Å². The van der Waals surface area contributed by atoms with E-state index in [1.165, 1.54) is 6.07 Å². The predicted octanol–water partition coefficient (Wildman–Crippen LogP) is 1.24. The largest absolute Gasteiger partial charge is 0.481 e. The number of carboxylic acid groups (broad SMARTS) is 1. The molecule has 0 saturated carbocycles. The van der Waals surface area contributed by atoms with Crippen molar-refractivity contribution in [2.75, 3.05) is 0 Å². The highest BCUT2D eigenvalue weighted by Gasteiger charge is 2.11. The molecule has 0 spiro atoms. The molecule has 1 rings (SSSR count). The zero-order valence-corrected chi connectivity index (χ0v) is 9.03. The Hall–Kier alpha value is -1.86. The average molecular weight is 219 g/mol. The third-order valence-electron chi connectivity index (χ3n) is 2.44. The van der Waals surface area contributed by atoms with Crippen molar-refractivity contribution in [3.05, 3.63) is 34.4 Å². The van der Waals surface area contributed by atoms with Gasteiger partial charge in [-0.15, -0.1) is 0 Å². The molecule has 0 aliphatic carbocycles. The summed E-state index contributed by atoms with van der Waals surface area (Å²) in [5, 5.41) is 26.8. The first-order chi connectivity index (χ1) is 7.62. The fourth-order valence-corrected chi connectivity index (χ4v) is 1.70. The minimum Gasteiger partial charge on any atom is -0.481 e. The second kappa shape index (κ2) is 5.29. The normalized spacial score (nSPS) is 9.81. The van der Waals surface area contributed by atoms with Crippen LogP contribution in [0.3, 0.4) is 0 Å². The van der Waals surface area contributed by atoms with E-state index in [1.54, 1.807) is 6.07 Å². The molecule has 0 aliphatic rings. The number of hydrogen-bond donors (Lipinski definition) is 2. The Morgan fingerprint density at radius 2 is 2.06 bits per heavy atom. The maximum Gasteiger partial charge on any atom is 0.307 e. The minimum absolute atomic E-state index is 0.168. The van der Waals surface area contributed by atoms with Gasteiger partial charge >= 0.3 is 5.97 Å². The molecule has 0 aliphatic heterocycles. The van der Waals surface area contributed by atoms with Crippen molar-refractivity contribution in [2.24, 2.45) is 0 Å². The zero-order valence-electron chi connectivity index (χ0n) is 9.03. The van der Waals surface area contributed by atoms with Crippen molar-refractivity contribution in [1.82, 2.24) is 0 Å². The van der Waals surface area contributed by atoms with Crippen LogP contribution in [0.2, 0.25) is 0 Å². The number of hydrogen-bond acceptors (Lipinski definition) is 3. The third kappa shape index (κ3) is 2.59. The van der Waals surface area contributed by atoms with E-state index in [-0.39, 0.29) is 13.0 Å². The van der Waals surface area contributed by atoms with Crippen molar-refractivity contribution < 1.29 is 15.0 Å². The summed E-state index contributed by atoms with van der Waals surface area (Å²) < 4.78 is 0. The van der Waals surface area contributed by atoms with E-state index in [1.807, 2.05) is 13.0 Å². The van der Waals surface area contributed by atoms with Crippen LogP contribution >= 0.6 is 0 Å². The van der Waals surface area contributed by atoms with Crippen LogP contribution < -0.4 is 0 Å². The lowest BCUT2D eigenvalue weighted by atomic mass is 9.95. The number of aliphatic hydroxyl groups is 1. The fraction of sp³-hybridized carbons (Fsp3) is 0.333. The molecule has 1 aromatic carbocycles. The van der Waals surface area contributed by atoms with Crippen LogP contribution in [0.1, 0.15) is 29.2 Å². The number of carbonyl (C=O) groups is 1. The highest BCUT2D eigenvalue weighted by atomic mass is 16.4. The Balaban J connectivity index is 3.32. The van der Waals surface area contributed by atoms with Gasteiger partial charge in [-0.2, -0.15) is 5.26 Å². The summed E-state index contributed by atoms with van der Waals surface area (Å²) >= 11 is 0. The van der Waals surface area contributed by atoms with Gasteiger partial charge in [-0.05, 0) is 35.2 Å². The molecule has 4 heteroatoms. The van der Waals surface area contributed by atoms with Gasteiger partial charge in [0.25, 0.3) is 0 Å². The van der Waals surface area contributed by atoms with Crippen molar-refractivity contribution in [3.8, 4) is 6.07 Å². The Labute approximate surface area is 93.8 Å². The molecule has 0 heterocycles. The van der Waals surface area contributed by atoms with Crippen LogP contribution in [0.25, 0.3) is 0 Å². The SMILES string of the molecule is CCc1cc(C#N)cc(CC(=O)O)c1CO. The number of carboxylic acids is 1. The number of benzene rings is 1. The highest BCUT2D eigenvalue weighted by Crippen LogP contribution is 2.19. The van der Waals surface area contributed by atoms with Crippen molar-refractivity contribution in [1.29, 1.82) is 5.26 Å². The highest BCUT2D eigenvalue weighted by molar-refractivity contribution is 5.71. The van der Waals surface area contributed by atoms with Crippen molar-refractivity contribution in [3.63, 3.8) is 0 Å². The average Bonchev–Trinajstić information content (AvgIpc) is 2.27. The van der Waals surface area contributed by atoms with Crippen LogP contribution in [0, 0.1) is 11.3 Å². The van der Waals surface area contributed by atoms with Crippen LogP contribution in [-0.2, 0) is 24.2 Å². The Morgan fingerprint density at radius 1 is 1.44 bits per heavy atom. The lowest BCUT2D eigenvalue weighted by molar-refractivity contribution is -0.136. The number of nitrogens with zero attached hydrogens (tertiary/aromatic N) is 1. The van der Waals surface area contributed by atoms with Gasteiger partial charge in [0.1, 0.15) is 0 Å². The molecule has 0 saturated heterocycles. The molecule has 0 unspecified atom stereocenters. The molecular weight excluding hydrogens is 206 g/mol. The standard InChI is InChI=1S/C12H13NO3/c1-2-9-3-8(6-13)4-10(5-12(15)16)11(9)7-14/h3-4,14H,2,5,7H2,1H3,(H,15,16). The Bertz CT molecular complexity index is 446. The Morgan fingerprint density at radius 3 is 2.50 bits per heavy atom. The fourth-order valence-electron chi connectivity index (χ4n) is 1.70. The third-order valence-corrected chi connectivity index (χ3v) is 2.44. The number of rotatable bonds is 4. The van der Waals surface area contributed by atoms with E-state index in [0.29, 0.717) is 23.1 Å². The molecule has 0 aromatic heterocycles. The van der Waals surface area contributed by atoms with E-state index in [0.717, 1.165) is 5.56 Å². The number of aryl methyl sites for hydroxylation is 1.